The van der Waals surface area contributed by atoms with Crippen LogP contribution in [0.5, 0.6) is 0 Å². The second kappa shape index (κ2) is 7.68. The molecule has 0 N–H and O–H groups in total. The summed E-state index contributed by atoms with van der Waals surface area (Å²) in [6.07, 6.45) is 0. The Kier molecular flexibility index (Phi) is 4.95. The molecular weight excluding hydrogens is 350 g/mol. The van der Waals surface area contributed by atoms with Crippen molar-refractivity contribution in [2.24, 2.45) is 0 Å². The average Bonchev–Trinajstić information content (AvgIpc) is 2.70. The summed E-state index contributed by atoms with van der Waals surface area (Å²) >= 11 is 6.24. The van der Waals surface area contributed by atoms with Gasteiger partial charge in [0.05, 0.1) is 13.2 Å². The van der Waals surface area contributed by atoms with E-state index in [9.17, 15) is 0 Å². The molecule has 0 bridgehead atoms. The third-order valence-electron chi connectivity index (χ3n) is 4.11. The summed E-state index contributed by atoms with van der Waals surface area (Å²) in [6, 6.07) is 19.9. The molecule has 7 heteroatoms. The van der Waals surface area contributed by atoms with E-state index in [4.69, 9.17) is 21.3 Å². The monoisotopic (exact) mass is 367 g/mol. The van der Waals surface area contributed by atoms with Crippen molar-refractivity contribution in [2.45, 2.75) is 0 Å². The Morgan fingerprint density at radius 3 is 1.96 bits per heavy atom. The van der Waals surface area contributed by atoms with Gasteiger partial charge in [-0.1, -0.05) is 36.4 Å². The fourth-order valence-electron chi connectivity index (χ4n) is 2.87. The van der Waals surface area contributed by atoms with Crippen LogP contribution in [0.15, 0.2) is 60.7 Å². The standard InChI is InChI=1S/C19H18ClN5O/c20-17-21-18(24-11-13-26-14-12-24)23-19(22-17)25(15-7-3-1-4-8-15)16-9-5-2-6-10-16/h1-10H,11-14H2. The number of ether oxygens (including phenoxy) is 1. The van der Waals surface area contributed by atoms with E-state index >= 15 is 0 Å². The minimum atomic E-state index is 0.174. The minimum absolute atomic E-state index is 0.174. The van der Waals surface area contributed by atoms with Crippen LogP contribution in [0.4, 0.5) is 23.3 Å². The second-order valence-corrected chi connectivity index (χ2v) is 6.15. The minimum Gasteiger partial charge on any atom is -0.378 e. The maximum atomic E-state index is 6.24. The van der Waals surface area contributed by atoms with Crippen molar-refractivity contribution in [2.75, 3.05) is 36.1 Å². The van der Waals surface area contributed by atoms with E-state index < -0.39 is 0 Å². The number of para-hydroxylation sites is 2. The number of benzene rings is 2. The third-order valence-corrected chi connectivity index (χ3v) is 4.28. The normalized spacial score (nSPS) is 14.3. The predicted octanol–water partition coefficient (Wildman–Crippen LogP) is 3.83. The number of hydrogen-bond acceptors (Lipinski definition) is 6. The van der Waals surface area contributed by atoms with Gasteiger partial charge in [-0.3, -0.25) is 4.90 Å². The molecule has 1 aliphatic heterocycles. The van der Waals surface area contributed by atoms with E-state index in [0.717, 1.165) is 24.5 Å². The lowest BCUT2D eigenvalue weighted by molar-refractivity contribution is 0.122. The van der Waals surface area contributed by atoms with E-state index in [0.29, 0.717) is 25.1 Å². The van der Waals surface area contributed by atoms with Crippen LogP contribution in [0.1, 0.15) is 0 Å². The lowest BCUT2D eigenvalue weighted by Crippen LogP contribution is -2.37. The number of morpholine rings is 1. The maximum Gasteiger partial charge on any atom is 0.240 e. The molecule has 0 atom stereocenters. The van der Waals surface area contributed by atoms with Gasteiger partial charge in [0.1, 0.15) is 0 Å². The lowest BCUT2D eigenvalue weighted by atomic mass is 10.2. The molecule has 1 aromatic heterocycles. The number of hydrogen-bond donors (Lipinski definition) is 0. The number of nitrogens with zero attached hydrogens (tertiary/aromatic N) is 5. The van der Waals surface area contributed by atoms with Gasteiger partial charge in [-0.25, -0.2) is 0 Å². The molecule has 2 aromatic carbocycles. The highest BCUT2D eigenvalue weighted by atomic mass is 35.5. The topological polar surface area (TPSA) is 54.4 Å². The maximum absolute atomic E-state index is 6.24. The SMILES string of the molecule is Clc1nc(N2CCOCC2)nc(N(c2ccccc2)c2ccccc2)n1. The lowest BCUT2D eigenvalue weighted by Gasteiger charge is -2.28. The fraction of sp³-hybridized carbons (Fsp3) is 0.211. The first-order chi connectivity index (χ1) is 12.8. The molecular formula is C19H18ClN5O. The molecule has 0 spiro atoms. The Balaban J connectivity index is 1.79. The van der Waals surface area contributed by atoms with Crippen molar-refractivity contribution in [1.29, 1.82) is 0 Å². The van der Waals surface area contributed by atoms with Gasteiger partial charge < -0.3 is 9.64 Å². The first-order valence-electron chi connectivity index (χ1n) is 8.46. The van der Waals surface area contributed by atoms with Crippen molar-refractivity contribution in [3.05, 3.63) is 65.9 Å². The van der Waals surface area contributed by atoms with Gasteiger partial charge in [-0.15, -0.1) is 0 Å². The summed E-state index contributed by atoms with van der Waals surface area (Å²) in [7, 11) is 0. The smallest absolute Gasteiger partial charge is 0.240 e. The Hall–Kier alpha value is -2.70. The van der Waals surface area contributed by atoms with E-state index in [-0.39, 0.29) is 5.28 Å². The number of halogens is 1. The van der Waals surface area contributed by atoms with Crippen molar-refractivity contribution >= 4 is 34.9 Å². The quantitative estimate of drug-likeness (QED) is 0.698. The number of anilines is 4. The van der Waals surface area contributed by atoms with E-state index in [1.165, 1.54) is 0 Å². The molecule has 2 heterocycles. The van der Waals surface area contributed by atoms with Crippen LogP contribution in [0.3, 0.4) is 0 Å². The molecule has 0 unspecified atom stereocenters. The van der Waals surface area contributed by atoms with Gasteiger partial charge in [-0.2, -0.15) is 15.0 Å². The van der Waals surface area contributed by atoms with Gasteiger partial charge >= 0.3 is 0 Å². The summed E-state index contributed by atoms with van der Waals surface area (Å²) in [6.45, 7) is 2.77. The largest absolute Gasteiger partial charge is 0.378 e. The summed E-state index contributed by atoms with van der Waals surface area (Å²) in [5.41, 5.74) is 1.91. The highest BCUT2D eigenvalue weighted by Gasteiger charge is 2.20. The predicted molar refractivity (Wildman–Crippen MR) is 103 cm³/mol. The highest BCUT2D eigenvalue weighted by Crippen LogP contribution is 2.32. The second-order valence-electron chi connectivity index (χ2n) is 5.81. The molecule has 0 radical (unpaired) electrons. The molecule has 26 heavy (non-hydrogen) atoms. The van der Waals surface area contributed by atoms with Gasteiger partial charge in [0.15, 0.2) is 0 Å². The van der Waals surface area contributed by atoms with Gasteiger partial charge in [-0.05, 0) is 35.9 Å². The molecule has 6 nitrogen and oxygen atoms in total. The van der Waals surface area contributed by atoms with Crippen LogP contribution < -0.4 is 9.80 Å². The summed E-state index contributed by atoms with van der Waals surface area (Å²) in [4.78, 5) is 17.4. The molecule has 1 saturated heterocycles. The Labute approximate surface area is 157 Å². The van der Waals surface area contributed by atoms with Gasteiger partial charge in [0.25, 0.3) is 0 Å². The average molecular weight is 368 g/mol. The van der Waals surface area contributed by atoms with Crippen molar-refractivity contribution in [1.82, 2.24) is 15.0 Å². The summed E-state index contributed by atoms with van der Waals surface area (Å²) < 4.78 is 5.41. The van der Waals surface area contributed by atoms with Crippen molar-refractivity contribution in [3.8, 4) is 0 Å². The Morgan fingerprint density at radius 1 is 0.808 bits per heavy atom. The van der Waals surface area contributed by atoms with Gasteiger partial charge in [0.2, 0.25) is 17.2 Å². The van der Waals surface area contributed by atoms with E-state index in [2.05, 4.69) is 14.9 Å². The molecule has 132 valence electrons. The van der Waals surface area contributed by atoms with Crippen LogP contribution in [0, 0.1) is 0 Å². The molecule has 1 aliphatic rings. The van der Waals surface area contributed by atoms with Crippen LogP contribution in [-0.4, -0.2) is 41.3 Å². The zero-order valence-electron chi connectivity index (χ0n) is 14.1. The number of rotatable bonds is 4. The number of aromatic nitrogens is 3. The first kappa shape index (κ1) is 16.8. The molecule has 3 aromatic rings. The summed E-state index contributed by atoms with van der Waals surface area (Å²) in [5.74, 6) is 1.06. The molecule has 1 fully saturated rings. The van der Waals surface area contributed by atoms with Crippen LogP contribution in [0.2, 0.25) is 5.28 Å². The summed E-state index contributed by atoms with van der Waals surface area (Å²) in [5, 5.41) is 0.174. The fourth-order valence-corrected chi connectivity index (χ4v) is 3.02. The Morgan fingerprint density at radius 2 is 1.38 bits per heavy atom. The van der Waals surface area contributed by atoms with E-state index in [1.807, 2.05) is 65.6 Å². The first-order valence-corrected chi connectivity index (χ1v) is 8.83. The van der Waals surface area contributed by atoms with Crippen LogP contribution in [0.25, 0.3) is 0 Å². The van der Waals surface area contributed by atoms with Crippen molar-refractivity contribution in [3.63, 3.8) is 0 Å². The third kappa shape index (κ3) is 3.61. The molecule has 4 rings (SSSR count). The molecule has 0 aliphatic carbocycles. The van der Waals surface area contributed by atoms with E-state index in [1.54, 1.807) is 0 Å². The van der Waals surface area contributed by atoms with Crippen LogP contribution in [-0.2, 0) is 4.74 Å². The zero-order valence-corrected chi connectivity index (χ0v) is 14.9. The van der Waals surface area contributed by atoms with Crippen molar-refractivity contribution < 1.29 is 4.74 Å². The highest BCUT2D eigenvalue weighted by molar-refractivity contribution is 6.28. The van der Waals surface area contributed by atoms with Gasteiger partial charge in [0, 0.05) is 24.5 Å². The molecule has 0 amide bonds. The van der Waals surface area contributed by atoms with Crippen LogP contribution >= 0.6 is 11.6 Å². The Bertz CT molecular complexity index is 817. The molecule has 0 saturated carbocycles. The zero-order chi connectivity index (χ0) is 17.8.